The summed E-state index contributed by atoms with van der Waals surface area (Å²) >= 11 is 0. The molecule has 2 heterocycles. The van der Waals surface area contributed by atoms with Crippen molar-refractivity contribution in [2.24, 2.45) is 0 Å². The van der Waals surface area contributed by atoms with E-state index >= 15 is 0 Å². The third kappa shape index (κ3) is 3.70. The Morgan fingerprint density at radius 1 is 1.32 bits per heavy atom. The highest BCUT2D eigenvalue weighted by Gasteiger charge is 2.23. The van der Waals surface area contributed by atoms with E-state index in [0.29, 0.717) is 5.92 Å². The van der Waals surface area contributed by atoms with Crippen molar-refractivity contribution in [3.63, 3.8) is 0 Å². The normalized spacial score (nSPS) is 15.6. The van der Waals surface area contributed by atoms with E-state index in [0.717, 1.165) is 48.3 Å². The fourth-order valence-electron chi connectivity index (χ4n) is 3.65. The number of methoxy groups -OCH3 is 1. The number of ether oxygens (including phenoxy) is 1. The molecule has 1 amide bonds. The van der Waals surface area contributed by atoms with Gasteiger partial charge in [-0.05, 0) is 36.5 Å². The number of benzene rings is 1. The van der Waals surface area contributed by atoms with Crippen molar-refractivity contribution in [1.29, 1.82) is 0 Å². The highest BCUT2D eigenvalue weighted by atomic mass is 16.5. The van der Waals surface area contributed by atoms with Gasteiger partial charge in [-0.3, -0.25) is 9.78 Å². The monoisotopic (exact) mass is 341 g/mol. The SMILES string of the molecule is COc1cc(N2CCC(NC(C)=O)CC2)c2nccc(C(C)C)c2c1. The molecular weight excluding hydrogens is 314 g/mol. The average Bonchev–Trinajstić information content (AvgIpc) is 2.60. The van der Waals surface area contributed by atoms with Crippen LogP contribution in [-0.4, -0.2) is 37.1 Å². The molecule has 0 saturated carbocycles. The number of piperidine rings is 1. The number of hydrogen-bond donors (Lipinski definition) is 1. The summed E-state index contributed by atoms with van der Waals surface area (Å²) in [7, 11) is 1.71. The summed E-state index contributed by atoms with van der Waals surface area (Å²) in [6, 6.07) is 6.53. The van der Waals surface area contributed by atoms with Crippen molar-refractivity contribution < 1.29 is 9.53 Å². The summed E-state index contributed by atoms with van der Waals surface area (Å²) in [6.07, 6.45) is 3.79. The minimum atomic E-state index is 0.0496. The molecule has 1 aliphatic rings. The van der Waals surface area contributed by atoms with E-state index in [9.17, 15) is 4.79 Å². The van der Waals surface area contributed by atoms with Crippen LogP contribution in [0.2, 0.25) is 0 Å². The Morgan fingerprint density at radius 2 is 2.04 bits per heavy atom. The number of nitrogens with zero attached hydrogens (tertiary/aromatic N) is 2. The highest BCUT2D eigenvalue weighted by Crippen LogP contribution is 2.35. The van der Waals surface area contributed by atoms with Crippen LogP contribution in [-0.2, 0) is 4.79 Å². The summed E-state index contributed by atoms with van der Waals surface area (Å²) in [4.78, 5) is 18.3. The zero-order valence-electron chi connectivity index (χ0n) is 15.5. The molecule has 1 N–H and O–H groups in total. The fraction of sp³-hybridized carbons (Fsp3) is 0.500. The Balaban J connectivity index is 1.96. The van der Waals surface area contributed by atoms with Crippen LogP contribution in [0.3, 0.4) is 0 Å². The van der Waals surface area contributed by atoms with Gasteiger partial charge in [0, 0.05) is 43.7 Å². The van der Waals surface area contributed by atoms with Crippen molar-refractivity contribution in [2.75, 3.05) is 25.1 Å². The lowest BCUT2D eigenvalue weighted by Crippen LogP contribution is -2.44. The van der Waals surface area contributed by atoms with Crippen LogP contribution >= 0.6 is 0 Å². The second-order valence-electron chi connectivity index (χ2n) is 7.06. The van der Waals surface area contributed by atoms with Gasteiger partial charge in [0.25, 0.3) is 0 Å². The van der Waals surface area contributed by atoms with Gasteiger partial charge in [-0.2, -0.15) is 0 Å². The predicted molar refractivity (Wildman–Crippen MR) is 101 cm³/mol. The van der Waals surface area contributed by atoms with E-state index in [1.165, 1.54) is 5.56 Å². The Morgan fingerprint density at radius 3 is 2.64 bits per heavy atom. The molecule has 1 aliphatic heterocycles. The number of nitrogens with one attached hydrogen (secondary N) is 1. The van der Waals surface area contributed by atoms with Gasteiger partial charge in [0.05, 0.1) is 18.3 Å². The van der Waals surface area contributed by atoms with E-state index in [2.05, 4.69) is 47.2 Å². The molecule has 1 saturated heterocycles. The molecule has 5 nitrogen and oxygen atoms in total. The minimum Gasteiger partial charge on any atom is -0.497 e. The van der Waals surface area contributed by atoms with Crippen LogP contribution in [0.15, 0.2) is 24.4 Å². The van der Waals surface area contributed by atoms with Crippen LogP contribution in [0.5, 0.6) is 5.75 Å². The molecule has 134 valence electrons. The first-order valence-electron chi connectivity index (χ1n) is 8.98. The first-order chi connectivity index (χ1) is 12.0. The van der Waals surface area contributed by atoms with Gasteiger partial charge in [-0.15, -0.1) is 0 Å². The maximum atomic E-state index is 11.3. The average molecular weight is 341 g/mol. The van der Waals surface area contributed by atoms with Gasteiger partial charge >= 0.3 is 0 Å². The van der Waals surface area contributed by atoms with Gasteiger partial charge in [-0.1, -0.05) is 13.8 Å². The van der Waals surface area contributed by atoms with E-state index in [1.54, 1.807) is 14.0 Å². The van der Waals surface area contributed by atoms with Gasteiger partial charge in [0.2, 0.25) is 5.91 Å². The molecule has 0 bridgehead atoms. The summed E-state index contributed by atoms with van der Waals surface area (Å²) in [5.74, 6) is 1.34. The second-order valence-corrected chi connectivity index (χ2v) is 7.06. The van der Waals surface area contributed by atoms with Crippen LogP contribution < -0.4 is 15.0 Å². The molecular formula is C20H27N3O2. The summed E-state index contributed by atoms with van der Waals surface area (Å²) in [5.41, 5.74) is 3.45. The minimum absolute atomic E-state index is 0.0496. The topological polar surface area (TPSA) is 54.5 Å². The van der Waals surface area contributed by atoms with Crippen molar-refractivity contribution in [1.82, 2.24) is 10.3 Å². The first-order valence-corrected chi connectivity index (χ1v) is 8.98. The second kappa shape index (κ2) is 7.30. The number of rotatable bonds is 4. The first kappa shape index (κ1) is 17.5. The molecule has 0 aliphatic carbocycles. The number of pyridine rings is 1. The lowest BCUT2D eigenvalue weighted by molar-refractivity contribution is -0.119. The van der Waals surface area contributed by atoms with Crippen molar-refractivity contribution in [3.8, 4) is 5.75 Å². The van der Waals surface area contributed by atoms with Crippen LogP contribution in [0.4, 0.5) is 5.69 Å². The quantitative estimate of drug-likeness (QED) is 0.925. The molecule has 0 radical (unpaired) electrons. The Hall–Kier alpha value is -2.30. The maximum Gasteiger partial charge on any atom is 0.217 e. The van der Waals surface area contributed by atoms with Gasteiger partial charge in [0.15, 0.2) is 0 Å². The lowest BCUT2D eigenvalue weighted by Gasteiger charge is -2.34. The number of carbonyl (C=O) groups excluding carboxylic acids is 1. The smallest absolute Gasteiger partial charge is 0.217 e. The zero-order chi connectivity index (χ0) is 18.0. The number of hydrogen-bond acceptors (Lipinski definition) is 4. The number of fused-ring (bicyclic) bond motifs is 1. The third-order valence-corrected chi connectivity index (χ3v) is 4.93. The number of aromatic nitrogens is 1. The lowest BCUT2D eigenvalue weighted by atomic mass is 9.97. The number of amides is 1. The van der Waals surface area contributed by atoms with Gasteiger partial charge < -0.3 is 15.0 Å². The number of carbonyl (C=O) groups is 1. The van der Waals surface area contributed by atoms with Crippen LogP contribution in [0.1, 0.15) is 45.1 Å². The van der Waals surface area contributed by atoms with Crippen LogP contribution in [0.25, 0.3) is 10.9 Å². The molecule has 0 unspecified atom stereocenters. The molecule has 1 aromatic heterocycles. The van der Waals surface area contributed by atoms with Gasteiger partial charge in [-0.25, -0.2) is 0 Å². The molecule has 1 aromatic carbocycles. The van der Waals surface area contributed by atoms with Crippen molar-refractivity contribution in [3.05, 3.63) is 30.0 Å². The maximum absolute atomic E-state index is 11.3. The predicted octanol–water partition coefficient (Wildman–Crippen LogP) is 3.47. The molecule has 25 heavy (non-hydrogen) atoms. The summed E-state index contributed by atoms with van der Waals surface area (Å²) < 4.78 is 5.55. The van der Waals surface area contributed by atoms with E-state index < -0.39 is 0 Å². The Labute approximate surface area is 149 Å². The van der Waals surface area contributed by atoms with Crippen LogP contribution in [0, 0.1) is 0 Å². The molecule has 0 spiro atoms. The van der Waals surface area contributed by atoms with E-state index in [-0.39, 0.29) is 11.9 Å². The Kier molecular flexibility index (Phi) is 5.11. The standard InChI is InChI=1S/C20H27N3O2/c1-13(2)17-5-8-21-20-18(17)11-16(25-4)12-19(20)23-9-6-15(7-10-23)22-14(3)24/h5,8,11-13,15H,6-7,9-10H2,1-4H3,(H,22,24). The summed E-state index contributed by atoms with van der Waals surface area (Å²) in [5, 5.41) is 4.19. The fourth-order valence-corrected chi connectivity index (χ4v) is 3.65. The third-order valence-electron chi connectivity index (χ3n) is 4.93. The van der Waals surface area contributed by atoms with Crippen molar-refractivity contribution in [2.45, 2.75) is 45.6 Å². The summed E-state index contributed by atoms with van der Waals surface area (Å²) in [6.45, 7) is 7.79. The molecule has 0 atom stereocenters. The van der Waals surface area contributed by atoms with E-state index in [4.69, 9.17) is 4.74 Å². The number of anilines is 1. The highest BCUT2D eigenvalue weighted by molar-refractivity contribution is 5.94. The zero-order valence-corrected chi connectivity index (χ0v) is 15.5. The molecule has 5 heteroatoms. The molecule has 3 rings (SSSR count). The van der Waals surface area contributed by atoms with Crippen molar-refractivity contribution >= 4 is 22.5 Å². The Bertz CT molecular complexity index is 765. The van der Waals surface area contributed by atoms with Gasteiger partial charge in [0.1, 0.15) is 5.75 Å². The van der Waals surface area contributed by atoms with E-state index in [1.807, 2.05) is 6.20 Å². The largest absolute Gasteiger partial charge is 0.497 e. The molecule has 2 aromatic rings. The molecule has 1 fully saturated rings.